The van der Waals surface area contributed by atoms with Crippen LogP contribution in [0.3, 0.4) is 0 Å². The molecule has 0 saturated carbocycles. The van der Waals surface area contributed by atoms with Crippen molar-refractivity contribution in [3.05, 3.63) is 35.3 Å². The number of hydrogen-bond donors (Lipinski definition) is 1. The second-order valence-electron chi connectivity index (χ2n) is 4.98. The van der Waals surface area contributed by atoms with E-state index in [-0.39, 0.29) is 5.69 Å². The maximum absolute atomic E-state index is 11.4. The lowest BCUT2D eigenvalue weighted by Crippen LogP contribution is -2.10. The molecule has 1 aromatic heterocycles. The van der Waals surface area contributed by atoms with E-state index >= 15 is 0 Å². The second kappa shape index (κ2) is 5.34. The van der Waals surface area contributed by atoms with Gasteiger partial charge >= 0.3 is 5.97 Å². The molecule has 0 bridgehead atoms. The number of carbonyl (C=O) groups is 1. The van der Waals surface area contributed by atoms with Crippen molar-refractivity contribution in [3.63, 3.8) is 0 Å². The lowest BCUT2D eigenvalue weighted by Gasteiger charge is -2.10. The first-order valence-electron chi connectivity index (χ1n) is 6.52. The average molecular weight is 258 g/mol. The van der Waals surface area contributed by atoms with Crippen LogP contribution < -0.4 is 0 Å². The number of benzene rings is 1. The molecule has 0 amide bonds. The molecule has 1 N–H and O–H groups in total. The highest BCUT2D eigenvalue weighted by molar-refractivity contribution is 6.01. The fourth-order valence-corrected chi connectivity index (χ4v) is 2.10. The summed E-state index contributed by atoms with van der Waals surface area (Å²) in [6, 6.07) is 5.62. The largest absolute Gasteiger partial charge is 0.476 e. The Morgan fingerprint density at radius 3 is 2.74 bits per heavy atom. The second-order valence-corrected chi connectivity index (χ2v) is 4.98. The molecule has 0 radical (unpaired) electrons. The van der Waals surface area contributed by atoms with E-state index in [4.69, 9.17) is 0 Å². The molecule has 4 heteroatoms. The number of rotatable bonds is 4. The van der Waals surface area contributed by atoms with Gasteiger partial charge in [0.05, 0.1) is 5.52 Å². The summed E-state index contributed by atoms with van der Waals surface area (Å²) in [5.41, 5.74) is 1.72. The normalized spacial score (nSPS) is 12.6. The third kappa shape index (κ3) is 2.72. The fraction of sp³-hybridized carbons (Fsp3) is 0.400. The van der Waals surface area contributed by atoms with Crippen LogP contribution in [0.4, 0.5) is 0 Å². The molecular formula is C15H18N2O2. The molecule has 1 heterocycles. The Bertz CT molecular complexity index is 623. The zero-order valence-electron chi connectivity index (χ0n) is 11.5. The minimum Gasteiger partial charge on any atom is -0.476 e. The van der Waals surface area contributed by atoms with E-state index in [0.29, 0.717) is 29.1 Å². The Morgan fingerprint density at radius 1 is 1.37 bits per heavy atom. The number of carboxylic acids is 1. The van der Waals surface area contributed by atoms with Gasteiger partial charge in [-0.15, -0.1) is 0 Å². The van der Waals surface area contributed by atoms with Crippen LogP contribution in [0.25, 0.3) is 10.9 Å². The van der Waals surface area contributed by atoms with E-state index in [2.05, 4.69) is 23.8 Å². The first kappa shape index (κ1) is 13.5. The van der Waals surface area contributed by atoms with Gasteiger partial charge in [0.25, 0.3) is 0 Å². The van der Waals surface area contributed by atoms with Crippen molar-refractivity contribution in [2.75, 3.05) is 0 Å². The third-order valence-corrected chi connectivity index (χ3v) is 3.41. The molecule has 2 aromatic rings. The van der Waals surface area contributed by atoms with Gasteiger partial charge < -0.3 is 5.11 Å². The van der Waals surface area contributed by atoms with E-state index < -0.39 is 5.97 Å². The summed E-state index contributed by atoms with van der Waals surface area (Å²) >= 11 is 0. The molecule has 1 atom stereocenters. The van der Waals surface area contributed by atoms with Crippen LogP contribution in [0, 0.1) is 12.8 Å². The number of aromatic carboxylic acids is 1. The van der Waals surface area contributed by atoms with Gasteiger partial charge in [-0.2, -0.15) is 0 Å². The molecule has 1 unspecified atom stereocenters. The summed E-state index contributed by atoms with van der Waals surface area (Å²) in [6.45, 7) is 6.10. The van der Waals surface area contributed by atoms with Crippen molar-refractivity contribution in [2.45, 2.75) is 33.6 Å². The average Bonchev–Trinajstić information content (AvgIpc) is 2.37. The summed E-state index contributed by atoms with van der Waals surface area (Å²) < 4.78 is 0. The molecule has 1 aromatic carbocycles. The van der Waals surface area contributed by atoms with Gasteiger partial charge in [-0.25, -0.2) is 14.8 Å². The van der Waals surface area contributed by atoms with Crippen LogP contribution in [0.5, 0.6) is 0 Å². The smallest absolute Gasteiger partial charge is 0.355 e. The zero-order valence-corrected chi connectivity index (χ0v) is 11.5. The highest BCUT2D eigenvalue weighted by Gasteiger charge is 2.16. The molecule has 0 aliphatic carbocycles. The summed E-state index contributed by atoms with van der Waals surface area (Å²) in [5.74, 6) is 0.0702. The standard InChI is InChI=1S/C15H18N2O2/c1-4-9(2)8-12-16-11-7-5-6-10(3)13(11)14(17-12)15(18)19/h5-7,9H,4,8H2,1-3H3,(H,18,19). The third-order valence-electron chi connectivity index (χ3n) is 3.41. The lowest BCUT2D eigenvalue weighted by atomic mass is 10.0. The predicted octanol–water partition coefficient (Wildman–Crippen LogP) is 3.23. The summed E-state index contributed by atoms with van der Waals surface area (Å²) in [4.78, 5) is 20.1. The van der Waals surface area contributed by atoms with E-state index in [0.717, 1.165) is 12.0 Å². The molecule has 0 aliphatic heterocycles. The van der Waals surface area contributed by atoms with Gasteiger partial charge in [-0.1, -0.05) is 32.4 Å². The van der Waals surface area contributed by atoms with Crippen LogP contribution >= 0.6 is 0 Å². The van der Waals surface area contributed by atoms with Gasteiger partial charge in [-0.05, 0) is 24.5 Å². The monoisotopic (exact) mass is 258 g/mol. The van der Waals surface area contributed by atoms with Crippen molar-refractivity contribution in [3.8, 4) is 0 Å². The quantitative estimate of drug-likeness (QED) is 0.914. The molecule has 0 spiro atoms. The van der Waals surface area contributed by atoms with Gasteiger partial charge in [0.1, 0.15) is 5.82 Å². The molecule has 2 rings (SSSR count). The Labute approximate surface area is 112 Å². The minimum atomic E-state index is -0.993. The van der Waals surface area contributed by atoms with Crippen molar-refractivity contribution >= 4 is 16.9 Å². The van der Waals surface area contributed by atoms with Gasteiger partial charge in [0, 0.05) is 11.8 Å². The topological polar surface area (TPSA) is 63.1 Å². The summed E-state index contributed by atoms with van der Waals surface area (Å²) in [7, 11) is 0. The number of carboxylic acid groups (broad SMARTS) is 1. The van der Waals surface area contributed by atoms with E-state index in [1.807, 2.05) is 25.1 Å². The molecule has 0 fully saturated rings. The highest BCUT2D eigenvalue weighted by Crippen LogP contribution is 2.21. The Balaban J connectivity index is 2.62. The van der Waals surface area contributed by atoms with Crippen molar-refractivity contribution in [1.82, 2.24) is 9.97 Å². The summed E-state index contributed by atoms with van der Waals surface area (Å²) in [6.07, 6.45) is 1.73. The van der Waals surface area contributed by atoms with Crippen molar-refractivity contribution in [1.29, 1.82) is 0 Å². The lowest BCUT2D eigenvalue weighted by molar-refractivity contribution is 0.0692. The molecular weight excluding hydrogens is 240 g/mol. The van der Waals surface area contributed by atoms with E-state index in [9.17, 15) is 9.90 Å². The number of nitrogens with zero attached hydrogens (tertiary/aromatic N) is 2. The fourth-order valence-electron chi connectivity index (χ4n) is 2.10. The number of aromatic nitrogens is 2. The maximum atomic E-state index is 11.4. The number of aryl methyl sites for hydroxylation is 1. The maximum Gasteiger partial charge on any atom is 0.355 e. The van der Waals surface area contributed by atoms with Crippen molar-refractivity contribution < 1.29 is 9.90 Å². The Morgan fingerprint density at radius 2 is 2.11 bits per heavy atom. The minimum absolute atomic E-state index is 0.112. The van der Waals surface area contributed by atoms with Gasteiger partial charge in [-0.3, -0.25) is 0 Å². The first-order chi connectivity index (χ1) is 9.02. The first-order valence-corrected chi connectivity index (χ1v) is 6.52. The molecule has 19 heavy (non-hydrogen) atoms. The van der Waals surface area contributed by atoms with Crippen LogP contribution in [0.2, 0.25) is 0 Å². The van der Waals surface area contributed by atoms with Gasteiger partial charge in [0.15, 0.2) is 5.69 Å². The molecule has 4 nitrogen and oxygen atoms in total. The van der Waals surface area contributed by atoms with E-state index in [1.54, 1.807) is 0 Å². The highest BCUT2D eigenvalue weighted by atomic mass is 16.4. The van der Waals surface area contributed by atoms with Gasteiger partial charge in [0.2, 0.25) is 0 Å². The van der Waals surface area contributed by atoms with Crippen LogP contribution in [0.1, 0.15) is 42.1 Å². The molecule has 0 aliphatic rings. The zero-order chi connectivity index (χ0) is 14.0. The van der Waals surface area contributed by atoms with Crippen molar-refractivity contribution in [2.24, 2.45) is 5.92 Å². The van der Waals surface area contributed by atoms with Crippen LogP contribution in [-0.2, 0) is 6.42 Å². The van der Waals surface area contributed by atoms with Crippen LogP contribution in [0.15, 0.2) is 18.2 Å². The van der Waals surface area contributed by atoms with Crippen LogP contribution in [-0.4, -0.2) is 21.0 Å². The molecule has 100 valence electrons. The summed E-state index contributed by atoms with van der Waals surface area (Å²) in [5, 5.41) is 9.97. The number of fused-ring (bicyclic) bond motifs is 1. The SMILES string of the molecule is CCC(C)Cc1nc(C(=O)O)c2c(C)cccc2n1. The molecule has 0 saturated heterocycles. The van der Waals surface area contributed by atoms with E-state index in [1.165, 1.54) is 0 Å². The predicted molar refractivity (Wildman–Crippen MR) is 74.4 cm³/mol. The Hall–Kier alpha value is -1.97. The Kier molecular flexibility index (Phi) is 3.79. The number of hydrogen-bond acceptors (Lipinski definition) is 3.